The van der Waals surface area contributed by atoms with Crippen LogP contribution in [0.3, 0.4) is 0 Å². The Bertz CT molecular complexity index is 477. The minimum absolute atomic E-state index is 0.258. The highest BCUT2D eigenvalue weighted by molar-refractivity contribution is 6.30. The summed E-state index contributed by atoms with van der Waals surface area (Å²) in [6.45, 7) is 2.01. The third kappa shape index (κ3) is 3.03. The van der Waals surface area contributed by atoms with Gasteiger partial charge in [-0.25, -0.2) is 4.98 Å². The lowest BCUT2D eigenvalue weighted by Crippen LogP contribution is -2.32. The van der Waals surface area contributed by atoms with Gasteiger partial charge >= 0.3 is 6.18 Å². The third-order valence-corrected chi connectivity index (χ3v) is 3.90. The average molecular weight is 294 g/mol. The smallest absolute Gasteiger partial charge is 0.385 e. The molecule has 1 aromatic heterocycles. The Hall–Kier alpha value is -0.810. The van der Waals surface area contributed by atoms with Crippen LogP contribution in [0.2, 0.25) is 5.15 Å². The summed E-state index contributed by atoms with van der Waals surface area (Å²) in [5.74, 6) is 0.317. The van der Waals surface area contributed by atoms with Crippen molar-refractivity contribution in [2.24, 2.45) is 5.92 Å². The maximum atomic E-state index is 12.5. The summed E-state index contributed by atoms with van der Waals surface area (Å²) >= 11 is 5.84. The molecule has 0 radical (unpaired) electrons. The van der Waals surface area contributed by atoms with Crippen LogP contribution in [-0.2, 0) is 11.8 Å². The van der Waals surface area contributed by atoms with E-state index < -0.39 is 17.5 Å². The van der Waals surface area contributed by atoms with E-state index in [0.29, 0.717) is 24.3 Å². The van der Waals surface area contributed by atoms with Crippen LogP contribution < -0.4 is 0 Å². The number of hydrogen-bond acceptors (Lipinski definition) is 2. The van der Waals surface area contributed by atoms with E-state index in [1.807, 2.05) is 6.92 Å². The molecular weight excluding hydrogens is 279 g/mol. The van der Waals surface area contributed by atoms with Gasteiger partial charge in [0.2, 0.25) is 0 Å². The minimum Gasteiger partial charge on any atom is -0.385 e. The molecular formula is C13H15ClF3NO. The van der Waals surface area contributed by atoms with Gasteiger partial charge in [0.05, 0.1) is 5.60 Å². The van der Waals surface area contributed by atoms with Gasteiger partial charge < -0.3 is 5.11 Å². The lowest BCUT2D eigenvalue weighted by molar-refractivity contribution is -0.141. The fourth-order valence-electron chi connectivity index (χ4n) is 2.71. The van der Waals surface area contributed by atoms with Crippen molar-refractivity contribution in [2.45, 2.75) is 44.4 Å². The molecule has 2 nitrogen and oxygen atoms in total. The zero-order valence-electron chi connectivity index (χ0n) is 10.5. The van der Waals surface area contributed by atoms with Crippen LogP contribution in [-0.4, -0.2) is 10.1 Å². The maximum Gasteiger partial charge on any atom is 0.433 e. The fraction of sp³-hybridized carbons (Fsp3) is 0.615. The summed E-state index contributed by atoms with van der Waals surface area (Å²) in [6.07, 6.45) is -1.68. The van der Waals surface area contributed by atoms with Crippen molar-refractivity contribution in [1.29, 1.82) is 0 Å². The monoisotopic (exact) mass is 293 g/mol. The molecule has 1 fully saturated rings. The van der Waals surface area contributed by atoms with E-state index in [9.17, 15) is 18.3 Å². The van der Waals surface area contributed by atoms with Gasteiger partial charge in [0, 0.05) is 5.56 Å². The van der Waals surface area contributed by atoms with E-state index in [1.54, 1.807) is 0 Å². The van der Waals surface area contributed by atoms with E-state index in [2.05, 4.69) is 4.98 Å². The molecule has 0 aliphatic heterocycles. The van der Waals surface area contributed by atoms with Crippen LogP contribution in [0.25, 0.3) is 0 Å². The van der Waals surface area contributed by atoms with E-state index >= 15 is 0 Å². The topological polar surface area (TPSA) is 33.1 Å². The first-order valence-corrected chi connectivity index (χ1v) is 6.57. The highest BCUT2D eigenvalue weighted by atomic mass is 35.5. The van der Waals surface area contributed by atoms with Gasteiger partial charge in [-0.15, -0.1) is 0 Å². The van der Waals surface area contributed by atoms with Crippen molar-refractivity contribution in [1.82, 2.24) is 4.98 Å². The Balaban J connectivity index is 2.35. The van der Waals surface area contributed by atoms with Crippen LogP contribution >= 0.6 is 11.6 Å². The van der Waals surface area contributed by atoms with Gasteiger partial charge in [0.25, 0.3) is 0 Å². The molecule has 0 aromatic carbocycles. The predicted molar refractivity (Wildman–Crippen MR) is 65.8 cm³/mol. The summed E-state index contributed by atoms with van der Waals surface area (Å²) in [6, 6.07) is 2.12. The number of rotatable bonds is 1. The largest absolute Gasteiger partial charge is 0.433 e. The normalized spacial score (nSPS) is 28.4. The standard InChI is InChI=1S/C13H15ClF3NO/c1-8-3-2-6-12(19,7-8)9-4-5-10(13(15,16)17)18-11(9)14/h4-5,8,19H,2-3,6-7H2,1H3. The quantitative estimate of drug-likeness (QED) is 0.789. The Morgan fingerprint density at radius 1 is 1.42 bits per heavy atom. The van der Waals surface area contributed by atoms with Gasteiger partial charge in [-0.2, -0.15) is 13.2 Å². The molecule has 0 amide bonds. The number of hydrogen-bond donors (Lipinski definition) is 1. The second-order valence-electron chi connectivity index (χ2n) is 5.27. The van der Waals surface area contributed by atoms with Crippen molar-refractivity contribution in [3.63, 3.8) is 0 Å². The van der Waals surface area contributed by atoms with E-state index in [0.717, 1.165) is 18.9 Å². The molecule has 1 aliphatic rings. The molecule has 1 N–H and O–H groups in total. The second-order valence-corrected chi connectivity index (χ2v) is 5.62. The Kier molecular flexibility index (Phi) is 3.80. The molecule has 19 heavy (non-hydrogen) atoms. The molecule has 6 heteroatoms. The number of aliphatic hydroxyl groups is 1. The first-order valence-electron chi connectivity index (χ1n) is 6.19. The Labute approximate surface area is 114 Å². The SMILES string of the molecule is CC1CCCC(O)(c2ccc(C(F)(F)F)nc2Cl)C1. The molecule has 1 aliphatic carbocycles. The van der Waals surface area contributed by atoms with Gasteiger partial charge in [-0.3, -0.25) is 0 Å². The van der Waals surface area contributed by atoms with Crippen LogP contribution in [0.1, 0.15) is 43.9 Å². The third-order valence-electron chi connectivity index (χ3n) is 3.61. The number of halogens is 4. The maximum absolute atomic E-state index is 12.5. The summed E-state index contributed by atoms with van der Waals surface area (Å²) in [7, 11) is 0. The Morgan fingerprint density at radius 2 is 2.11 bits per heavy atom. The van der Waals surface area contributed by atoms with Gasteiger partial charge in [0.1, 0.15) is 10.8 Å². The molecule has 1 heterocycles. The van der Waals surface area contributed by atoms with Crippen LogP contribution in [0.4, 0.5) is 13.2 Å². The van der Waals surface area contributed by atoms with Gasteiger partial charge in [-0.05, 0) is 31.2 Å². The molecule has 2 unspecified atom stereocenters. The lowest BCUT2D eigenvalue weighted by atomic mass is 9.75. The molecule has 1 aromatic rings. The summed E-state index contributed by atoms with van der Waals surface area (Å²) in [4.78, 5) is 3.37. The van der Waals surface area contributed by atoms with E-state index in [4.69, 9.17) is 11.6 Å². The van der Waals surface area contributed by atoms with Gasteiger partial charge in [-0.1, -0.05) is 31.0 Å². The molecule has 0 spiro atoms. The first-order chi connectivity index (χ1) is 8.72. The second kappa shape index (κ2) is 4.94. The summed E-state index contributed by atoms with van der Waals surface area (Å²) in [5.41, 5.74) is -1.89. The summed E-state index contributed by atoms with van der Waals surface area (Å²) in [5, 5.41) is 10.3. The van der Waals surface area contributed by atoms with Crippen molar-refractivity contribution in [2.75, 3.05) is 0 Å². The van der Waals surface area contributed by atoms with Crippen molar-refractivity contribution >= 4 is 11.6 Å². The Morgan fingerprint density at radius 3 is 2.63 bits per heavy atom. The minimum atomic E-state index is -4.52. The molecule has 106 valence electrons. The molecule has 1 saturated carbocycles. The average Bonchev–Trinajstić information content (AvgIpc) is 2.26. The fourth-order valence-corrected chi connectivity index (χ4v) is 3.04. The van der Waals surface area contributed by atoms with Crippen LogP contribution in [0.5, 0.6) is 0 Å². The number of nitrogens with zero attached hydrogens (tertiary/aromatic N) is 1. The summed E-state index contributed by atoms with van der Waals surface area (Å²) < 4.78 is 37.5. The van der Waals surface area contributed by atoms with Crippen LogP contribution in [0.15, 0.2) is 12.1 Å². The van der Waals surface area contributed by atoms with Crippen molar-refractivity contribution in [3.05, 3.63) is 28.5 Å². The highest BCUT2D eigenvalue weighted by Crippen LogP contribution is 2.42. The lowest BCUT2D eigenvalue weighted by Gasteiger charge is -2.36. The zero-order chi connectivity index (χ0) is 14.3. The zero-order valence-corrected chi connectivity index (χ0v) is 11.2. The number of alkyl halides is 3. The van der Waals surface area contributed by atoms with Crippen molar-refractivity contribution < 1.29 is 18.3 Å². The van der Waals surface area contributed by atoms with Gasteiger partial charge in [0.15, 0.2) is 0 Å². The molecule has 0 bridgehead atoms. The van der Waals surface area contributed by atoms with Crippen molar-refractivity contribution in [3.8, 4) is 0 Å². The molecule has 2 atom stereocenters. The molecule has 0 saturated heterocycles. The van der Waals surface area contributed by atoms with E-state index in [-0.39, 0.29) is 5.15 Å². The highest BCUT2D eigenvalue weighted by Gasteiger charge is 2.38. The van der Waals surface area contributed by atoms with E-state index in [1.165, 1.54) is 6.07 Å². The first kappa shape index (κ1) is 14.6. The van der Waals surface area contributed by atoms with Crippen LogP contribution in [0, 0.1) is 5.92 Å². The number of aromatic nitrogens is 1. The molecule has 2 rings (SSSR count). The number of pyridine rings is 1. The predicted octanol–water partition coefficient (Wildman–Crippen LogP) is 4.15.